The van der Waals surface area contributed by atoms with E-state index in [2.05, 4.69) is 26.4 Å². The zero-order valence-corrected chi connectivity index (χ0v) is 11.8. The summed E-state index contributed by atoms with van der Waals surface area (Å²) in [6.45, 7) is 3.10. The first kappa shape index (κ1) is 14.7. The van der Waals surface area contributed by atoms with E-state index in [1.54, 1.807) is 12.4 Å². The van der Waals surface area contributed by atoms with Crippen molar-refractivity contribution in [1.82, 2.24) is 15.0 Å². The molecule has 0 aromatic carbocycles. The zero-order valence-electron chi connectivity index (χ0n) is 11.8. The second kappa shape index (κ2) is 7.17. The highest BCUT2D eigenvalue weighted by Crippen LogP contribution is 2.23. The molecule has 108 valence electrons. The fraction of sp³-hybridized carbons (Fsp3) is 0.286. The van der Waals surface area contributed by atoms with Crippen molar-refractivity contribution in [3.05, 3.63) is 42.0 Å². The topological polar surface area (TPSA) is 104 Å². The molecule has 2 rings (SSSR count). The molecule has 2 aromatic heterocycles. The van der Waals surface area contributed by atoms with Crippen LogP contribution >= 0.6 is 0 Å². The van der Waals surface area contributed by atoms with E-state index in [0.717, 1.165) is 16.9 Å². The summed E-state index contributed by atoms with van der Waals surface area (Å²) in [5, 5.41) is 8.84. The summed E-state index contributed by atoms with van der Waals surface area (Å²) in [5.41, 5.74) is 4.46. The summed E-state index contributed by atoms with van der Waals surface area (Å²) in [5.74, 6) is 6.79. The summed E-state index contributed by atoms with van der Waals surface area (Å²) in [6.07, 6.45) is 5.41. The minimum Gasteiger partial charge on any atom is -0.351 e. The molecule has 0 fully saturated rings. The highest BCUT2D eigenvalue weighted by atomic mass is 15.3. The number of hydrogen-bond acceptors (Lipinski definition) is 7. The number of nitrogens with two attached hydrogens (primary N) is 1. The molecule has 0 aliphatic heterocycles. The van der Waals surface area contributed by atoms with Gasteiger partial charge in [-0.05, 0) is 18.6 Å². The van der Waals surface area contributed by atoms with Gasteiger partial charge in [-0.2, -0.15) is 5.26 Å². The van der Waals surface area contributed by atoms with Crippen LogP contribution in [-0.2, 0) is 6.54 Å². The number of aromatic nitrogens is 3. The van der Waals surface area contributed by atoms with Crippen molar-refractivity contribution >= 4 is 11.6 Å². The van der Waals surface area contributed by atoms with E-state index in [1.807, 2.05) is 24.0 Å². The molecule has 2 aromatic rings. The molecule has 3 N–H and O–H groups in total. The summed E-state index contributed by atoms with van der Waals surface area (Å²) in [4.78, 5) is 14.5. The number of pyridine rings is 1. The molecule has 0 spiro atoms. The van der Waals surface area contributed by atoms with Gasteiger partial charge in [0.15, 0.2) is 0 Å². The number of rotatable bonds is 6. The maximum atomic E-state index is 8.84. The van der Waals surface area contributed by atoms with Gasteiger partial charge >= 0.3 is 0 Å². The number of nitriles is 1. The first-order valence-corrected chi connectivity index (χ1v) is 6.55. The minimum absolute atomic E-state index is 0.412. The Labute approximate surface area is 123 Å². The lowest BCUT2D eigenvalue weighted by atomic mass is 10.2. The Bertz CT molecular complexity index is 621. The van der Waals surface area contributed by atoms with Gasteiger partial charge in [0, 0.05) is 31.0 Å². The molecule has 0 aliphatic carbocycles. The van der Waals surface area contributed by atoms with Crippen molar-refractivity contribution in [2.24, 2.45) is 5.84 Å². The van der Waals surface area contributed by atoms with Crippen LogP contribution in [0.2, 0.25) is 0 Å². The zero-order chi connectivity index (χ0) is 15.1. The number of nitrogens with one attached hydrogen (secondary N) is 1. The second-order valence-corrected chi connectivity index (χ2v) is 4.51. The van der Waals surface area contributed by atoms with Crippen molar-refractivity contribution < 1.29 is 0 Å². The van der Waals surface area contributed by atoms with Gasteiger partial charge in [0.1, 0.15) is 18.0 Å². The Morgan fingerprint density at radius 1 is 1.43 bits per heavy atom. The summed E-state index contributed by atoms with van der Waals surface area (Å²) < 4.78 is 0. The molecule has 0 atom stereocenters. The van der Waals surface area contributed by atoms with Crippen LogP contribution in [0.25, 0.3) is 0 Å². The Morgan fingerprint density at radius 3 is 2.95 bits per heavy atom. The summed E-state index contributed by atoms with van der Waals surface area (Å²) in [6, 6.07) is 6.04. The van der Waals surface area contributed by atoms with E-state index in [1.165, 1.54) is 6.33 Å². The van der Waals surface area contributed by atoms with Crippen molar-refractivity contribution in [2.75, 3.05) is 16.9 Å². The standard InChI is InChI=1S/C14H17N7/c1-11-13(20-16)18-10-19-14(11)21(7-3-5-15)9-12-4-2-6-17-8-12/h2,4,6,8,10H,3,7,9,16H2,1H3,(H,18,19,20). The third kappa shape index (κ3) is 3.64. The monoisotopic (exact) mass is 283 g/mol. The molecule has 0 saturated carbocycles. The first-order chi connectivity index (χ1) is 10.3. The SMILES string of the molecule is Cc1c(NN)ncnc1N(CCC#N)Cc1cccnc1. The largest absolute Gasteiger partial charge is 0.351 e. The maximum absolute atomic E-state index is 8.84. The van der Waals surface area contributed by atoms with Crippen LogP contribution < -0.4 is 16.2 Å². The van der Waals surface area contributed by atoms with Crippen LogP contribution in [0.5, 0.6) is 0 Å². The Hall–Kier alpha value is -2.72. The normalized spacial score (nSPS) is 9.95. The van der Waals surface area contributed by atoms with Crippen LogP contribution in [0, 0.1) is 18.3 Å². The van der Waals surface area contributed by atoms with Crippen LogP contribution in [-0.4, -0.2) is 21.5 Å². The van der Waals surface area contributed by atoms with Gasteiger partial charge in [0.25, 0.3) is 0 Å². The number of nitrogen functional groups attached to an aromatic ring is 1. The van der Waals surface area contributed by atoms with E-state index < -0.39 is 0 Å². The maximum Gasteiger partial charge on any atom is 0.148 e. The lowest BCUT2D eigenvalue weighted by Crippen LogP contribution is -2.26. The molecule has 0 unspecified atom stereocenters. The van der Waals surface area contributed by atoms with E-state index >= 15 is 0 Å². The average Bonchev–Trinajstić information content (AvgIpc) is 2.53. The first-order valence-electron chi connectivity index (χ1n) is 6.55. The lowest BCUT2D eigenvalue weighted by molar-refractivity contribution is 0.773. The highest BCUT2D eigenvalue weighted by Gasteiger charge is 2.14. The summed E-state index contributed by atoms with van der Waals surface area (Å²) in [7, 11) is 0. The highest BCUT2D eigenvalue weighted by molar-refractivity contribution is 5.57. The molecule has 0 aliphatic rings. The third-order valence-corrected chi connectivity index (χ3v) is 3.08. The molecule has 0 amide bonds. The number of anilines is 2. The molecule has 2 heterocycles. The van der Waals surface area contributed by atoms with E-state index in [9.17, 15) is 0 Å². The number of hydrazine groups is 1. The van der Waals surface area contributed by atoms with Crippen LogP contribution in [0.15, 0.2) is 30.9 Å². The number of hydrogen-bond donors (Lipinski definition) is 2. The van der Waals surface area contributed by atoms with Gasteiger partial charge in [-0.3, -0.25) is 4.98 Å². The van der Waals surface area contributed by atoms with Crippen molar-refractivity contribution in [2.45, 2.75) is 19.9 Å². The van der Waals surface area contributed by atoms with Gasteiger partial charge in [-0.1, -0.05) is 6.07 Å². The van der Waals surface area contributed by atoms with E-state index in [4.69, 9.17) is 11.1 Å². The minimum atomic E-state index is 0.412. The smallest absolute Gasteiger partial charge is 0.148 e. The van der Waals surface area contributed by atoms with Crippen molar-refractivity contribution in [1.29, 1.82) is 5.26 Å². The predicted octanol–water partition coefficient (Wildman–Crippen LogP) is 1.39. The van der Waals surface area contributed by atoms with Crippen LogP contribution in [0.3, 0.4) is 0 Å². The summed E-state index contributed by atoms with van der Waals surface area (Å²) >= 11 is 0. The second-order valence-electron chi connectivity index (χ2n) is 4.51. The molecular formula is C14H17N7. The molecule has 0 saturated heterocycles. The number of nitrogens with zero attached hydrogens (tertiary/aromatic N) is 5. The third-order valence-electron chi connectivity index (χ3n) is 3.08. The molecule has 0 bridgehead atoms. The van der Waals surface area contributed by atoms with Crippen molar-refractivity contribution in [3.63, 3.8) is 0 Å². The molecular weight excluding hydrogens is 266 g/mol. The Kier molecular flexibility index (Phi) is 5.01. The van der Waals surface area contributed by atoms with Crippen molar-refractivity contribution in [3.8, 4) is 6.07 Å². The fourth-order valence-electron chi connectivity index (χ4n) is 2.06. The van der Waals surface area contributed by atoms with E-state index in [0.29, 0.717) is 25.3 Å². The quantitative estimate of drug-likeness (QED) is 0.609. The molecule has 0 radical (unpaired) electrons. The van der Waals surface area contributed by atoms with Gasteiger partial charge in [0.05, 0.1) is 12.5 Å². The predicted molar refractivity (Wildman–Crippen MR) is 80.1 cm³/mol. The van der Waals surface area contributed by atoms with Gasteiger partial charge in [0.2, 0.25) is 0 Å². The average molecular weight is 283 g/mol. The molecule has 7 nitrogen and oxygen atoms in total. The molecule has 21 heavy (non-hydrogen) atoms. The van der Waals surface area contributed by atoms with Crippen LogP contribution in [0.4, 0.5) is 11.6 Å². The van der Waals surface area contributed by atoms with Gasteiger partial charge < -0.3 is 10.3 Å². The lowest BCUT2D eigenvalue weighted by Gasteiger charge is -2.24. The fourth-order valence-corrected chi connectivity index (χ4v) is 2.06. The van der Waals surface area contributed by atoms with Gasteiger partial charge in [-0.25, -0.2) is 15.8 Å². The van der Waals surface area contributed by atoms with Gasteiger partial charge in [-0.15, -0.1) is 0 Å². The Balaban J connectivity index is 2.30. The van der Waals surface area contributed by atoms with E-state index in [-0.39, 0.29) is 0 Å². The Morgan fingerprint density at radius 2 is 2.29 bits per heavy atom. The van der Waals surface area contributed by atoms with Crippen LogP contribution in [0.1, 0.15) is 17.5 Å². The molecule has 7 heteroatoms.